The van der Waals surface area contributed by atoms with Crippen molar-refractivity contribution in [2.45, 2.75) is 24.7 Å². The minimum atomic E-state index is -4.12. The third kappa shape index (κ3) is 1.84. The number of hydrogen-bond donors (Lipinski definition) is 1. The molecule has 11 heavy (non-hydrogen) atoms. The second-order valence-corrected chi connectivity index (χ2v) is 2.99. The molecule has 2 nitrogen and oxygen atoms in total. The van der Waals surface area contributed by atoms with Gasteiger partial charge in [0.2, 0.25) is 0 Å². The highest BCUT2D eigenvalue weighted by Gasteiger charge is 2.46. The number of rotatable bonds is 0. The molecule has 1 saturated heterocycles. The molecule has 0 amide bonds. The highest BCUT2D eigenvalue weighted by Crippen LogP contribution is 2.30. The third-order valence-corrected chi connectivity index (χ3v) is 1.96. The Morgan fingerprint density at radius 2 is 2.00 bits per heavy atom. The monoisotopic (exact) mass is 168 g/mol. The molecule has 1 aliphatic rings. The Bertz CT molecular complexity index is 145. The summed E-state index contributed by atoms with van der Waals surface area (Å²) in [5.74, 6) is 0. The van der Waals surface area contributed by atoms with E-state index in [0.29, 0.717) is 6.54 Å². The Kier molecular flexibility index (Phi) is 2.11. The van der Waals surface area contributed by atoms with Gasteiger partial charge >= 0.3 is 6.18 Å². The lowest BCUT2D eigenvalue weighted by Gasteiger charge is -2.21. The van der Waals surface area contributed by atoms with Gasteiger partial charge in [-0.05, 0) is 13.5 Å². The van der Waals surface area contributed by atoms with E-state index in [9.17, 15) is 13.2 Å². The van der Waals surface area contributed by atoms with E-state index in [1.165, 1.54) is 11.9 Å². The fourth-order valence-electron chi connectivity index (χ4n) is 1.42. The second kappa shape index (κ2) is 2.64. The summed E-state index contributed by atoms with van der Waals surface area (Å²) in [7, 11) is 1.45. The van der Waals surface area contributed by atoms with Crippen LogP contribution in [0.25, 0.3) is 0 Å². The summed E-state index contributed by atoms with van der Waals surface area (Å²) < 4.78 is 36.3. The Hall–Kier alpha value is -0.290. The van der Waals surface area contributed by atoms with Crippen LogP contribution in [0, 0.1) is 0 Å². The van der Waals surface area contributed by atoms with Crippen molar-refractivity contribution in [3.05, 3.63) is 0 Å². The van der Waals surface area contributed by atoms with Gasteiger partial charge in [0.05, 0.1) is 0 Å². The van der Waals surface area contributed by atoms with Crippen molar-refractivity contribution in [2.75, 3.05) is 13.6 Å². The highest BCUT2D eigenvalue weighted by molar-refractivity contribution is 4.89. The van der Waals surface area contributed by atoms with Crippen LogP contribution in [0.5, 0.6) is 0 Å². The zero-order valence-electron chi connectivity index (χ0n) is 6.23. The maximum atomic E-state index is 12.1. The number of alkyl halides is 3. The molecule has 1 aliphatic heterocycles. The number of hydrogen-bond acceptors (Lipinski definition) is 2. The first-order valence-corrected chi connectivity index (χ1v) is 3.44. The topological polar surface area (TPSA) is 29.3 Å². The molecule has 2 unspecified atom stereocenters. The SMILES string of the molecule is CN1CC(N)CC1C(F)(F)F. The number of nitrogens with two attached hydrogens (primary N) is 1. The predicted molar refractivity (Wildman–Crippen MR) is 35.1 cm³/mol. The van der Waals surface area contributed by atoms with Crippen molar-refractivity contribution in [1.82, 2.24) is 4.90 Å². The summed E-state index contributed by atoms with van der Waals surface area (Å²) >= 11 is 0. The van der Waals surface area contributed by atoms with Crippen LogP contribution in [0.3, 0.4) is 0 Å². The van der Waals surface area contributed by atoms with Crippen LogP contribution in [0.15, 0.2) is 0 Å². The largest absolute Gasteiger partial charge is 0.404 e. The molecule has 1 fully saturated rings. The fourth-order valence-corrected chi connectivity index (χ4v) is 1.42. The Morgan fingerprint density at radius 3 is 2.18 bits per heavy atom. The lowest BCUT2D eigenvalue weighted by Crippen LogP contribution is -2.38. The van der Waals surface area contributed by atoms with Crippen molar-refractivity contribution < 1.29 is 13.2 Å². The molecule has 1 rings (SSSR count). The summed E-state index contributed by atoms with van der Waals surface area (Å²) in [5, 5.41) is 0. The van der Waals surface area contributed by atoms with Gasteiger partial charge in [0.15, 0.2) is 0 Å². The molecule has 0 saturated carbocycles. The van der Waals surface area contributed by atoms with E-state index < -0.39 is 12.2 Å². The summed E-state index contributed by atoms with van der Waals surface area (Å²) in [5.41, 5.74) is 5.37. The normalized spacial score (nSPS) is 34.6. The molecule has 66 valence electrons. The molecule has 2 N–H and O–H groups in total. The predicted octanol–water partition coefficient (Wildman–Crippen LogP) is 0.580. The molecule has 0 spiro atoms. The van der Waals surface area contributed by atoms with Crippen LogP contribution in [0.1, 0.15) is 6.42 Å². The summed E-state index contributed by atoms with van der Waals surface area (Å²) in [6.07, 6.45) is -4.09. The van der Waals surface area contributed by atoms with Crippen LogP contribution in [0.4, 0.5) is 13.2 Å². The number of nitrogens with zero attached hydrogens (tertiary/aromatic N) is 1. The molecule has 0 radical (unpaired) electrons. The van der Waals surface area contributed by atoms with Crippen LogP contribution < -0.4 is 5.73 Å². The minimum absolute atomic E-state index is 0.0278. The maximum absolute atomic E-state index is 12.1. The molecule has 0 bridgehead atoms. The average molecular weight is 168 g/mol. The number of likely N-dealkylation sites (tertiary alicyclic amines) is 1. The fraction of sp³-hybridized carbons (Fsp3) is 1.00. The maximum Gasteiger partial charge on any atom is 0.404 e. The Balaban J connectivity index is 2.60. The van der Waals surface area contributed by atoms with Crippen LogP contribution in [-0.2, 0) is 0 Å². The quantitative estimate of drug-likeness (QED) is 0.573. The van der Waals surface area contributed by atoms with Gasteiger partial charge < -0.3 is 5.73 Å². The first-order chi connectivity index (χ1) is 4.91. The van der Waals surface area contributed by atoms with Gasteiger partial charge in [0.25, 0.3) is 0 Å². The van der Waals surface area contributed by atoms with Gasteiger partial charge in [-0.1, -0.05) is 0 Å². The molecule has 1 heterocycles. The smallest absolute Gasteiger partial charge is 0.326 e. The second-order valence-electron chi connectivity index (χ2n) is 2.99. The summed E-state index contributed by atoms with van der Waals surface area (Å²) in [4.78, 5) is 1.25. The van der Waals surface area contributed by atoms with Crippen molar-refractivity contribution in [2.24, 2.45) is 5.73 Å². The molecule has 5 heteroatoms. The molecule has 0 aliphatic carbocycles. The minimum Gasteiger partial charge on any atom is -0.326 e. The number of halogens is 3. The highest BCUT2D eigenvalue weighted by atomic mass is 19.4. The van der Waals surface area contributed by atoms with Gasteiger partial charge in [0, 0.05) is 12.6 Å². The molecule has 2 atom stereocenters. The summed E-state index contributed by atoms with van der Waals surface area (Å²) in [6, 6.07) is -1.66. The van der Waals surface area contributed by atoms with Crippen molar-refractivity contribution in [3.63, 3.8) is 0 Å². The third-order valence-electron chi connectivity index (χ3n) is 1.96. The zero-order chi connectivity index (χ0) is 8.65. The van der Waals surface area contributed by atoms with E-state index in [0.717, 1.165) is 0 Å². The van der Waals surface area contributed by atoms with Gasteiger partial charge in [0.1, 0.15) is 6.04 Å². The van der Waals surface area contributed by atoms with E-state index in [1.807, 2.05) is 0 Å². The molecule has 0 aromatic carbocycles. The Labute approximate surface area is 63.2 Å². The van der Waals surface area contributed by atoms with Gasteiger partial charge in [-0.3, -0.25) is 4.90 Å². The van der Waals surface area contributed by atoms with E-state index in [2.05, 4.69) is 0 Å². The van der Waals surface area contributed by atoms with Gasteiger partial charge in [-0.25, -0.2) is 0 Å². The molecular formula is C6H11F3N2. The lowest BCUT2D eigenvalue weighted by molar-refractivity contribution is -0.172. The van der Waals surface area contributed by atoms with Crippen molar-refractivity contribution >= 4 is 0 Å². The van der Waals surface area contributed by atoms with Gasteiger partial charge in [-0.2, -0.15) is 13.2 Å². The van der Waals surface area contributed by atoms with E-state index >= 15 is 0 Å². The standard InChI is InChI=1S/C6H11F3N2/c1-11-3-4(10)2-5(11)6(7,8)9/h4-5H,2-3,10H2,1H3. The van der Waals surface area contributed by atoms with Crippen molar-refractivity contribution in [1.29, 1.82) is 0 Å². The van der Waals surface area contributed by atoms with E-state index in [-0.39, 0.29) is 12.5 Å². The van der Waals surface area contributed by atoms with E-state index in [4.69, 9.17) is 5.73 Å². The zero-order valence-corrected chi connectivity index (χ0v) is 6.23. The van der Waals surface area contributed by atoms with Crippen LogP contribution in [-0.4, -0.2) is 36.8 Å². The first kappa shape index (κ1) is 8.80. The average Bonchev–Trinajstić information content (AvgIpc) is 2.08. The van der Waals surface area contributed by atoms with Crippen molar-refractivity contribution in [3.8, 4) is 0 Å². The molecular weight excluding hydrogens is 157 g/mol. The molecule has 0 aromatic heterocycles. The van der Waals surface area contributed by atoms with E-state index in [1.54, 1.807) is 0 Å². The van der Waals surface area contributed by atoms with Crippen LogP contribution in [0.2, 0.25) is 0 Å². The molecule has 0 aromatic rings. The number of likely N-dealkylation sites (N-methyl/N-ethyl adjacent to an activating group) is 1. The Morgan fingerprint density at radius 1 is 1.45 bits per heavy atom. The first-order valence-electron chi connectivity index (χ1n) is 3.44. The summed E-state index contributed by atoms with van der Waals surface area (Å²) in [6.45, 7) is 0.337. The van der Waals surface area contributed by atoms with Gasteiger partial charge in [-0.15, -0.1) is 0 Å². The lowest BCUT2D eigenvalue weighted by atomic mass is 10.2. The van der Waals surface area contributed by atoms with Crippen LogP contribution >= 0.6 is 0 Å².